The molecule has 0 fully saturated rings. The zero-order valence-electron chi connectivity index (χ0n) is 41.1. The first-order valence-electron chi connectivity index (χ1n) is 25.7. The van der Waals surface area contributed by atoms with Crippen molar-refractivity contribution >= 4 is 13.7 Å². The minimum absolute atomic E-state index is 0.0734. The monoisotopic (exact) mass is 892 g/mol. The highest BCUT2D eigenvalue weighted by Gasteiger charge is 2.28. The van der Waals surface area contributed by atoms with Crippen molar-refractivity contribution in [2.75, 3.05) is 40.9 Å². The third kappa shape index (κ3) is 46.2. The molecule has 0 aliphatic heterocycles. The van der Waals surface area contributed by atoms with Gasteiger partial charge in [0.1, 0.15) is 13.2 Å². The van der Waals surface area contributed by atoms with E-state index in [1.807, 2.05) is 21.1 Å². The highest BCUT2D eigenvalue weighted by atomic mass is 31.2. The molecule has 0 heterocycles. The van der Waals surface area contributed by atoms with Gasteiger partial charge >= 0.3 is 7.82 Å². The lowest BCUT2D eigenvalue weighted by atomic mass is 10.0. The number of aliphatic hydroxyl groups excluding tert-OH is 1. The van der Waals surface area contributed by atoms with Crippen molar-refractivity contribution in [2.45, 2.75) is 231 Å². The molecule has 0 aromatic heterocycles. The Morgan fingerprint density at radius 1 is 0.565 bits per heavy atom. The summed E-state index contributed by atoms with van der Waals surface area (Å²) in [5, 5.41) is 13.9. The van der Waals surface area contributed by atoms with Gasteiger partial charge in [-0.05, 0) is 57.8 Å². The Labute approximate surface area is 383 Å². The van der Waals surface area contributed by atoms with Crippen molar-refractivity contribution in [1.82, 2.24) is 5.32 Å². The number of phosphoric ester groups is 1. The molecule has 0 saturated carbocycles. The molecule has 0 saturated heterocycles. The first-order chi connectivity index (χ1) is 30.0. The van der Waals surface area contributed by atoms with Gasteiger partial charge < -0.3 is 19.8 Å². The summed E-state index contributed by atoms with van der Waals surface area (Å²) in [6, 6.07) is -0.759. The zero-order chi connectivity index (χ0) is 45.7. The predicted molar refractivity (Wildman–Crippen MR) is 267 cm³/mol. The van der Waals surface area contributed by atoms with Gasteiger partial charge in [0.2, 0.25) is 5.91 Å². The zero-order valence-corrected chi connectivity index (χ0v) is 42.0. The quantitative estimate of drug-likeness (QED) is 0.0243. The smallest absolute Gasteiger partial charge is 0.391 e. The largest absolute Gasteiger partial charge is 0.472 e. The normalized spacial score (nSPS) is 14.6. The summed E-state index contributed by atoms with van der Waals surface area (Å²) in [5.41, 5.74) is 0. The molecule has 62 heavy (non-hydrogen) atoms. The van der Waals surface area contributed by atoms with Gasteiger partial charge in [0.15, 0.2) is 0 Å². The fraction of sp³-hybridized carbons (Fsp3) is 0.792. The average Bonchev–Trinajstić information content (AvgIpc) is 3.23. The summed E-state index contributed by atoms with van der Waals surface area (Å²) >= 11 is 0. The number of amides is 1. The minimum Gasteiger partial charge on any atom is -0.391 e. The molecule has 0 bridgehead atoms. The Kier molecular flexibility index (Phi) is 43.1. The third-order valence-electron chi connectivity index (χ3n) is 11.3. The van der Waals surface area contributed by atoms with Crippen LogP contribution in [-0.4, -0.2) is 73.4 Å². The molecule has 362 valence electrons. The minimum atomic E-state index is -4.31. The van der Waals surface area contributed by atoms with Gasteiger partial charge in [-0.25, -0.2) is 4.57 Å². The van der Waals surface area contributed by atoms with E-state index in [0.717, 1.165) is 70.6 Å². The van der Waals surface area contributed by atoms with Gasteiger partial charge in [0.05, 0.1) is 39.9 Å². The molecule has 3 atom stereocenters. The van der Waals surface area contributed by atoms with Crippen molar-refractivity contribution in [1.29, 1.82) is 0 Å². The van der Waals surface area contributed by atoms with Crippen LogP contribution in [0.5, 0.6) is 0 Å². The Hall–Kier alpha value is -1.80. The number of unbranched alkanes of at least 4 members (excludes halogenated alkanes) is 23. The summed E-state index contributed by atoms with van der Waals surface area (Å²) in [6.45, 7) is 4.75. The van der Waals surface area contributed by atoms with E-state index in [1.165, 1.54) is 122 Å². The Bertz CT molecular complexity index is 1190. The molecule has 0 rings (SSSR count). The molecule has 3 N–H and O–H groups in total. The molecule has 0 aromatic rings. The van der Waals surface area contributed by atoms with Crippen LogP contribution in [0.3, 0.4) is 0 Å². The molecule has 0 spiro atoms. The van der Waals surface area contributed by atoms with Gasteiger partial charge in [-0.15, -0.1) is 0 Å². The molecule has 0 aromatic carbocycles. The Balaban J connectivity index is 4.00. The van der Waals surface area contributed by atoms with Crippen LogP contribution in [-0.2, 0) is 18.4 Å². The SMILES string of the molecule is CC/C=C\C/C=C\C/C=C\C/C=C\C/C=C\CCCCCCCCCCCCCCCCCC(=O)NC(COP(=O)(O)OCC[N+](C)(C)C)C(O)CCCCCCCCCCC. The summed E-state index contributed by atoms with van der Waals surface area (Å²) in [4.78, 5) is 23.2. The number of rotatable bonds is 46. The van der Waals surface area contributed by atoms with Crippen LogP contribution in [0.15, 0.2) is 60.8 Å². The molecule has 0 aliphatic rings. The average molecular weight is 892 g/mol. The molecule has 0 aliphatic carbocycles. The van der Waals surface area contributed by atoms with Gasteiger partial charge in [-0.1, -0.05) is 216 Å². The van der Waals surface area contributed by atoms with Crippen LogP contribution in [0.2, 0.25) is 0 Å². The van der Waals surface area contributed by atoms with Crippen LogP contribution in [0, 0.1) is 0 Å². The van der Waals surface area contributed by atoms with Crippen LogP contribution in [0.1, 0.15) is 219 Å². The number of nitrogens with zero attached hydrogens (tertiary/aromatic N) is 1. The van der Waals surface area contributed by atoms with Crippen molar-refractivity contribution < 1.29 is 32.9 Å². The topological polar surface area (TPSA) is 105 Å². The van der Waals surface area contributed by atoms with Crippen LogP contribution in [0.25, 0.3) is 0 Å². The first kappa shape index (κ1) is 60.2. The number of quaternary nitrogens is 1. The van der Waals surface area contributed by atoms with Crippen LogP contribution < -0.4 is 5.32 Å². The maximum atomic E-state index is 12.9. The van der Waals surface area contributed by atoms with E-state index in [2.05, 4.69) is 79.9 Å². The van der Waals surface area contributed by atoms with Gasteiger partial charge in [0.25, 0.3) is 0 Å². The number of allylic oxidation sites excluding steroid dienone is 10. The molecule has 0 radical (unpaired) electrons. The second-order valence-corrected chi connectivity index (χ2v) is 20.0. The lowest BCUT2D eigenvalue weighted by Gasteiger charge is -2.26. The standard InChI is InChI=1S/C53H99N2O6P/c1-6-8-10-12-14-16-17-18-19-20-21-22-23-24-25-26-27-28-29-30-31-32-33-34-35-36-37-39-41-43-45-47-53(57)54-51(50-61-62(58,59)60-49-48-55(3,4)5)52(56)46-44-42-40-38-15-13-11-9-7-2/h8,10,14,16,18-19,21-22,24-25,51-52,56H,6-7,9,11-13,15,17,20,23,26-50H2,1-5H3,(H-,54,57,58,59)/p+1/b10-8-,16-14-,19-18-,22-21-,25-24-. The lowest BCUT2D eigenvalue weighted by molar-refractivity contribution is -0.870. The van der Waals surface area contributed by atoms with E-state index in [-0.39, 0.29) is 19.1 Å². The van der Waals surface area contributed by atoms with E-state index >= 15 is 0 Å². The van der Waals surface area contributed by atoms with E-state index in [4.69, 9.17) is 9.05 Å². The second-order valence-electron chi connectivity index (χ2n) is 18.5. The maximum absolute atomic E-state index is 12.9. The number of aliphatic hydroxyl groups is 1. The summed E-state index contributed by atoms with van der Waals surface area (Å²) < 4.78 is 23.6. The van der Waals surface area contributed by atoms with Crippen LogP contribution >= 0.6 is 7.82 Å². The van der Waals surface area contributed by atoms with E-state index < -0.39 is 20.0 Å². The van der Waals surface area contributed by atoms with Crippen molar-refractivity contribution in [3.63, 3.8) is 0 Å². The second kappa shape index (κ2) is 44.4. The van der Waals surface area contributed by atoms with E-state index in [0.29, 0.717) is 23.9 Å². The highest BCUT2D eigenvalue weighted by molar-refractivity contribution is 7.47. The molecule has 9 heteroatoms. The highest BCUT2D eigenvalue weighted by Crippen LogP contribution is 2.43. The van der Waals surface area contributed by atoms with E-state index in [1.54, 1.807) is 0 Å². The van der Waals surface area contributed by atoms with Gasteiger partial charge in [-0.3, -0.25) is 13.8 Å². The molecule has 3 unspecified atom stereocenters. The molecule has 1 amide bonds. The molecular weight excluding hydrogens is 792 g/mol. The van der Waals surface area contributed by atoms with E-state index in [9.17, 15) is 19.4 Å². The number of nitrogens with one attached hydrogen (secondary N) is 1. The Morgan fingerprint density at radius 2 is 0.968 bits per heavy atom. The first-order valence-corrected chi connectivity index (χ1v) is 27.1. The fourth-order valence-corrected chi connectivity index (χ4v) is 7.99. The Morgan fingerprint density at radius 3 is 1.42 bits per heavy atom. The van der Waals surface area contributed by atoms with Gasteiger partial charge in [-0.2, -0.15) is 0 Å². The number of hydrogen-bond acceptors (Lipinski definition) is 5. The van der Waals surface area contributed by atoms with Gasteiger partial charge in [0, 0.05) is 6.42 Å². The molecule has 8 nitrogen and oxygen atoms in total. The number of hydrogen-bond donors (Lipinski definition) is 3. The maximum Gasteiger partial charge on any atom is 0.472 e. The predicted octanol–water partition coefficient (Wildman–Crippen LogP) is 15.0. The third-order valence-corrected chi connectivity index (χ3v) is 12.3. The van der Waals surface area contributed by atoms with Crippen molar-refractivity contribution in [3.8, 4) is 0 Å². The summed E-state index contributed by atoms with van der Waals surface area (Å²) in [7, 11) is 1.61. The van der Waals surface area contributed by atoms with Crippen molar-refractivity contribution in [3.05, 3.63) is 60.8 Å². The summed E-state index contributed by atoms with van der Waals surface area (Å²) in [6.07, 6.45) is 58.5. The summed E-state index contributed by atoms with van der Waals surface area (Å²) in [5.74, 6) is -0.148. The number of likely N-dealkylation sites (N-methyl/N-ethyl adjacent to an activating group) is 1. The van der Waals surface area contributed by atoms with Crippen molar-refractivity contribution in [2.24, 2.45) is 0 Å². The number of phosphoric acid groups is 1. The number of carbonyl (C=O) groups is 1. The fourth-order valence-electron chi connectivity index (χ4n) is 7.25. The number of carbonyl (C=O) groups excluding carboxylic acids is 1. The lowest BCUT2D eigenvalue weighted by Crippen LogP contribution is -2.46. The van der Waals surface area contributed by atoms with Crippen LogP contribution in [0.4, 0.5) is 0 Å². The molecular formula is C53H100N2O6P+.